The van der Waals surface area contributed by atoms with Crippen molar-refractivity contribution in [1.29, 1.82) is 0 Å². The first-order valence-corrected chi connectivity index (χ1v) is 16.5. The number of carbonyl (C=O) groups excluding carboxylic acids is 6. The van der Waals surface area contributed by atoms with Gasteiger partial charge in [-0.15, -0.1) is 0 Å². The maximum absolute atomic E-state index is 13.7. The van der Waals surface area contributed by atoms with E-state index in [0.717, 1.165) is 30.6 Å². The number of hydrogen-bond donors (Lipinski definition) is 4. The molecule has 5 fully saturated rings. The van der Waals surface area contributed by atoms with E-state index >= 15 is 0 Å². The third-order valence-electron chi connectivity index (χ3n) is 10.9. The van der Waals surface area contributed by atoms with Crippen molar-refractivity contribution in [3.8, 4) is 0 Å². The second kappa shape index (κ2) is 11.9. The smallest absolute Gasteiger partial charge is 0.264 e. The van der Waals surface area contributed by atoms with Gasteiger partial charge in [0.1, 0.15) is 17.8 Å². The van der Waals surface area contributed by atoms with Crippen LogP contribution in [0.15, 0.2) is 23.3 Å². The van der Waals surface area contributed by atoms with Crippen molar-refractivity contribution in [2.45, 2.75) is 70.4 Å². The monoisotopic (exact) mass is 632 g/mol. The molecule has 0 radical (unpaired) electrons. The molecule has 5 amide bonds. The van der Waals surface area contributed by atoms with Gasteiger partial charge in [0.25, 0.3) is 11.8 Å². The Hall–Kier alpha value is -4.13. The Morgan fingerprint density at radius 3 is 2.52 bits per heavy atom. The number of benzene rings is 1. The van der Waals surface area contributed by atoms with Gasteiger partial charge in [-0.05, 0) is 80.8 Å². The van der Waals surface area contributed by atoms with Crippen molar-refractivity contribution in [2.75, 3.05) is 31.6 Å². The molecule has 8 rings (SSSR count). The number of anilines is 1. The molecule has 244 valence electrons. The highest BCUT2D eigenvalue weighted by atomic mass is 16.5. The molecule has 13 nitrogen and oxygen atoms in total. The van der Waals surface area contributed by atoms with Gasteiger partial charge in [-0.25, -0.2) is 0 Å². The van der Waals surface area contributed by atoms with Gasteiger partial charge in [-0.1, -0.05) is 6.07 Å². The number of ketones is 1. The highest BCUT2D eigenvalue weighted by Gasteiger charge is 2.60. The van der Waals surface area contributed by atoms with Gasteiger partial charge in [-0.3, -0.25) is 44.4 Å². The Bertz CT molecular complexity index is 1530. The van der Waals surface area contributed by atoms with Crippen LogP contribution in [0.1, 0.15) is 79.0 Å². The Labute approximate surface area is 266 Å². The van der Waals surface area contributed by atoms with Gasteiger partial charge in [0.05, 0.1) is 24.3 Å². The third kappa shape index (κ3) is 5.27. The summed E-state index contributed by atoms with van der Waals surface area (Å²) in [5.74, 6) is -0.652. The highest BCUT2D eigenvalue weighted by Crippen LogP contribution is 2.64. The maximum atomic E-state index is 13.7. The summed E-state index contributed by atoms with van der Waals surface area (Å²) < 4.78 is 5.78. The summed E-state index contributed by atoms with van der Waals surface area (Å²) in [5.41, 5.74) is 4.15. The fourth-order valence-corrected chi connectivity index (χ4v) is 9.33. The lowest BCUT2D eigenvalue weighted by Gasteiger charge is -2.60. The highest BCUT2D eigenvalue weighted by molar-refractivity contribution is 6.43. The Morgan fingerprint density at radius 1 is 1.04 bits per heavy atom. The van der Waals surface area contributed by atoms with E-state index in [4.69, 9.17) is 4.74 Å². The lowest BCUT2D eigenvalue weighted by molar-refractivity contribution is -0.153. The zero-order valence-electron chi connectivity index (χ0n) is 25.9. The number of rotatable bonds is 11. The minimum Gasteiger partial charge on any atom is -0.382 e. The number of Topliss-reactive ketones (excluding diaryl/α,β-unsaturated/α-hetero) is 1. The van der Waals surface area contributed by atoms with Crippen molar-refractivity contribution in [3.05, 3.63) is 29.3 Å². The van der Waals surface area contributed by atoms with Crippen molar-refractivity contribution in [2.24, 2.45) is 34.2 Å². The Morgan fingerprint density at radius 2 is 1.80 bits per heavy atom. The first kappa shape index (κ1) is 30.5. The van der Waals surface area contributed by atoms with Crippen LogP contribution in [0.4, 0.5) is 5.69 Å². The minimum atomic E-state index is -1.02. The number of piperidine rings is 1. The van der Waals surface area contributed by atoms with Crippen LogP contribution in [0.2, 0.25) is 0 Å². The lowest BCUT2D eigenvalue weighted by atomic mass is 9.43. The molecule has 3 aliphatic heterocycles. The summed E-state index contributed by atoms with van der Waals surface area (Å²) in [6.07, 6.45) is 6.06. The molecule has 7 aliphatic rings. The zero-order valence-corrected chi connectivity index (χ0v) is 25.9. The molecule has 46 heavy (non-hydrogen) atoms. The fraction of sp³-hybridized carbons (Fsp3) is 0.606. The summed E-state index contributed by atoms with van der Waals surface area (Å²) in [6, 6.07) is 3.59. The molecule has 4 N–H and O–H groups in total. The molecule has 1 aromatic rings. The van der Waals surface area contributed by atoms with Gasteiger partial charge in [0, 0.05) is 37.5 Å². The molecule has 4 saturated carbocycles. The Kier molecular flexibility index (Phi) is 7.90. The van der Waals surface area contributed by atoms with E-state index in [2.05, 4.69) is 26.5 Å². The lowest BCUT2D eigenvalue weighted by Crippen LogP contribution is -2.58. The summed E-state index contributed by atoms with van der Waals surface area (Å²) in [6.45, 7) is 3.14. The number of nitrogens with zero attached hydrogens (tertiary/aromatic N) is 2. The molecular weight excluding hydrogens is 592 g/mol. The number of ether oxygens (including phenoxy) is 1. The second-order valence-electron chi connectivity index (χ2n) is 13.9. The molecule has 13 heteroatoms. The first-order valence-electron chi connectivity index (χ1n) is 16.5. The predicted octanol–water partition coefficient (Wildman–Crippen LogP) is 1.38. The van der Waals surface area contributed by atoms with Gasteiger partial charge in [0.2, 0.25) is 23.5 Å². The van der Waals surface area contributed by atoms with Crippen molar-refractivity contribution >= 4 is 46.7 Å². The van der Waals surface area contributed by atoms with Crippen LogP contribution in [0.25, 0.3) is 0 Å². The zero-order chi connectivity index (χ0) is 32.2. The molecule has 3 heterocycles. The number of nitrogens with one attached hydrogen (secondary N) is 4. The van der Waals surface area contributed by atoms with Crippen molar-refractivity contribution < 1.29 is 33.5 Å². The second-order valence-corrected chi connectivity index (χ2v) is 13.9. The largest absolute Gasteiger partial charge is 0.382 e. The van der Waals surface area contributed by atoms with Crippen molar-refractivity contribution in [3.63, 3.8) is 0 Å². The fourth-order valence-electron chi connectivity index (χ4n) is 9.33. The molecule has 0 aromatic heterocycles. The van der Waals surface area contributed by atoms with Crippen LogP contribution in [0.3, 0.4) is 0 Å². The number of amides is 5. The molecule has 5 atom stereocenters. The van der Waals surface area contributed by atoms with Crippen LogP contribution in [0.5, 0.6) is 0 Å². The minimum absolute atomic E-state index is 0.0416. The van der Waals surface area contributed by atoms with Gasteiger partial charge in [0.15, 0.2) is 0 Å². The van der Waals surface area contributed by atoms with E-state index in [1.54, 1.807) is 18.2 Å². The molecule has 1 saturated heterocycles. The van der Waals surface area contributed by atoms with E-state index in [0.29, 0.717) is 61.9 Å². The van der Waals surface area contributed by atoms with E-state index in [-0.39, 0.29) is 53.0 Å². The average Bonchev–Trinajstić information content (AvgIpc) is 3.46. The number of fused-ring (bicyclic) bond motifs is 1. The van der Waals surface area contributed by atoms with E-state index in [1.165, 1.54) is 6.42 Å². The van der Waals surface area contributed by atoms with Crippen LogP contribution >= 0.6 is 0 Å². The van der Waals surface area contributed by atoms with Gasteiger partial charge >= 0.3 is 0 Å². The van der Waals surface area contributed by atoms with E-state index in [9.17, 15) is 28.8 Å². The SMILES string of the molecule is CC1NN=C(CC23CC4CC(CC(C4)C2C(=O)NCCOCCNc2cccc4c2C(=O)N(C2CCC(=O)NC2=O)C4=O)C3)C1=O. The summed E-state index contributed by atoms with van der Waals surface area (Å²) in [5, 5.41) is 12.8. The topological polar surface area (TPSA) is 175 Å². The van der Waals surface area contributed by atoms with E-state index < -0.39 is 29.7 Å². The van der Waals surface area contributed by atoms with E-state index in [1.807, 2.05) is 6.92 Å². The average molecular weight is 633 g/mol. The molecule has 5 unspecified atom stereocenters. The number of imide groups is 2. The molecule has 0 spiro atoms. The number of carbonyl (C=O) groups is 6. The normalized spacial score (nSPS) is 32.8. The Balaban J connectivity index is 0.902. The third-order valence-corrected chi connectivity index (χ3v) is 10.9. The van der Waals surface area contributed by atoms with Gasteiger partial charge < -0.3 is 15.4 Å². The predicted molar refractivity (Wildman–Crippen MR) is 165 cm³/mol. The number of hydrogen-bond acceptors (Lipinski definition) is 10. The molecular formula is C33H40N6O7. The van der Waals surface area contributed by atoms with Crippen LogP contribution in [-0.4, -0.2) is 84.3 Å². The van der Waals surface area contributed by atoms with Crippen molar-refractivity contribution in [1.82, 2.24) is 21.0 Å². The molecule has 4 aliphatic carbocycles. The first-order chi connectivity index (χ1) is 22.1. The summed E-state index contributed by atoms with van der Waals surface area (Å²) >= 11 is 0. The number of hydrazone groups is 1. The van der Waals surface area contributed by atoms with Crippen LogP contribution < -0.4 is 21.4 Å². The molecule has 4 bridgehead atoms. The van der Waals surface area contributed by atoms with Gasteiger partial charge in [-0.2, -0.15) is 5.10 Å². The van der Waals surface area contributed by atoms with Crippen LogP contribution in [0, 0.1) is 29.1 Å². The molecule has 1 aromatic carbocycles. The maximum Gasteiger partial charge on any atom is 0.264 e. The van der Waals surface area contributed by atoms with Crippen LogP contribution in [-0.2, 0) is 23.9 Å². The quantitative estimate of drug-likeness (QED) is 0.208. The summed E-state index contributed by atoms with van der Waals surface area (Å²) in [4.78, 5) is 77.5. The standard InChI is InChI=1S/C33H40N6O7/c1-17-28(41)23(38-37-17)16-33-14-18-11-19(15-33)13-20(12-18)27(33)30(43)35-8-10-46-9-7-34-22-4-2-3-21-26(22)32(45)39(31(21)44)24-5-6-25(40)36-29(24)42/h2-4,17-20,24,27,34,37H,5-16H2,1H3,(H,35,43)(H,36,40,42). The summed E-state index contributed by atoms with van der Waals surface area (Å²) in [7, 11) is 0.